The lowest BCUT2D eigenvalue weighted by molar-refractivity contribution is -0.120. The Balaban J connectivity index is 2.18. The molecule has 1 N–H and O–H groups in total. The van der Waals surface area contributed by atoms with Gasteiger partial charge in [0.1, 0.15) is 5.69 Å². The fourth-order valence-electron chi connectivity index (χ4n) is 2.34. The molecule has 0 spiro atoms. The number of nitrogens with zero attached hydrogens (tertiary/aromatic N) is 1. The monoisotopic (exact) mass is 372 g/mol. The van der Waals surface area contributed by atoms with Gasteiger partial charge < -0.3 is 5.32 Å². The molecule has 2 rings (SSSR count). The highest BCUT2D eigenvalue weighted by molar-refractivity contribution is 5.94. The minimum absolute atomic E-state index is 0.359. The summed E-state index contributed by atoms with van der Waals surface area (Å²) in [5, 5.41) is 1.79. The third kappa shape index (κ3) is 3.85. The second-order valence-corrected chi connectivity index (χ2v) is 5.95. The molecule has 0 aliphatic rings. The van der Waals surface area contributed by atoms with E-state index in [1.165, 1.54) is 6.92 Å². The highest BCUT2D eigenvalue weighted by Gasteiger charge is 2.28. The van der Waals surface area contributed by atoms with Crippen LogP contribution in [0.15, 0.2) is 24.3 Å². The van der Waals surface area contributed by atoms with Crippen molar-refractivity contribution >= 4 is 11.6 Å². The zero-order valence-electron chi connectivity index (χ0n) is 14.3. The number of anilines is 1. The highest BCUT2D eigenvalue weighted by atomic mass is 19.2. The number of likely N-dealkylation sites (N-methyl/N-ethyl adjacent to an activating group) is 1. The van der Waals surface area contributed by atoms with Crippen molar-refractivity contribution in [1.82, 2.24) is 4.90 Å². The van der Waals surface area contributed by atoms with Crippen LogP contribution in [0.1, 0.15) is 18.1 Å². The second-order valence-electron chi connectivity index (χ2n) is 5.95. The summed E-state index contributed by atoms with van der Waals surface area (Å²) in [6.45, 7) is 3.71. The van der Waals surface area contributed by atoms with Crippen LogP contribution in [-0.2, 0) is 11.3 Å². The molecule has 0 fully saturated rings. The first-order chi connectivity index (χ1) is 12.1. The van der Waals surface area contributed by atoms with Crippen LogP contribution >= 0.6 is 0 Å². The van der Waals surface area contributed by atoms with E-state index in [1.807, 2.05) is 31.2 Å². The van der Waals surface area contributed by atoms with Crippen LogP contribution in [-0.4, -0.2) is 23.9 Å². The molecule has 2 aromatic rings. The van der Waals surface area contributed by atoms with Gasteiger partial charge in [-0.25, -0.2) is 22.0 Å². The molecule has 8 heteroatoms. The molecule has 0 heterocycles. The number of rotatable bonds is 5. The van der Waals surface area contributed by atoms with Crippen molar-refractivity contribution in [2.24, 2.45) is 0 Å². The van der Waals surface area contributed by atoms with E-state index in [4.69, 9.17) is 0 Å². The lowest BCUT2D eigenvalue weighted by Gasteiger charge is -2.25. The lowest BCUT2D eigenvalue weighted by atomic mass is 10.1. The van der Waals surface area contributed by atoms with E-state index in [1.54, 1.807) is 17.3 Å². The molecule has 26 heavy (non-hydrogen) atoms. The van der Waals surface area contributed by atoms with E-state index in [0.29, 0.717) is 6.54 Å². The fraction of sp³-hybridized carbons (Fsp3) is 0.278. The first-order valence-electron chi connectivity index (χ1n) is 7.72. The van der Waals surface area contributed by atoms with Crippen LogP contribution in [0.4, 0.5) is 27.6 Å². The van der Waals surface area contributed by atoms with Crippen molar-refractivity contribution < 1.29 is 26.7 Å². The number of hydrogen-bond acceptors (Lipinski definition) is 2. The summed E-state index contributed by atoms with van der Waals surface area (Å²) >= 11 is 0. The number of carbonyl (C=O) groups excluding carboxylic acids is 1. The molecular weight excluding hydrogens is 355 g/mol. The van der Waals surface area contributed by atoms with Gasteiger partial charge in [0.2, 0.25) is 11.7 Å². The van der Waals surface area contributed by atoms with Crippen molar-refractivity contribution in [2.75, 3.05) is 12.4 Å². The summed E-state index contributed by atoms with van der Waals surface area (Å²) in [4.78, 5) is 13.8. The van der Waals surface area contributed by atoms with E-state index in [2.05, 4.69) is 0 Å². The van der Waals surface area contributed by atoms with Gasteiger partial charge in [0.25, 0.3) is 0 Å². The number of benzene rings is 2. The standard InChI is InChI=1S/C18H17F5N2O/c1-9-6-4-5-7-11(9)8-25(3)10(2)18(26)24-17-15(22)13(20)12(19)14(21)16(17)23/h4-7,10H,8H2,1-3H3,(H,24,26). The van der Waals surface area contributed by atoms with Crippen LogP contribution in [0, 0.1) is 36.0 Å². The topological polar surface area (TPSA) is 32.3 Å². The lowest BCUT2D eigenvalue weighted by Crippen LogP contribution is -2.39. The van der Waals surface area contributed by atoms with Crippen molar-refractivity contribution in [3.8, 4) is 0 Å². The molecular formula is C18H17F5N2O. The molecule has 0 aliphatic carbocycles. The molecule has 0 aliphatic heterocycles. The SMILES string of the molecule is Cc1ccccc1CN(C)C(C)C(=O)Nc1c(F)c(F)c(F)c(F)c1F. The second kappa shape index (κ2) is 7.82. The van der Waals surface area contributed by atoms with Crippen molar-refractivity contribution in [1.29, 1.82) is 0 Å². The third-order valence-corrected chi connectivity index (χ3v) is 4.18. The van der Waals surface area contributed by atoms with Gasteiger partial charge in [-0.3, -0.25) is 9.69 Å². The molecule has 0 saturated carbocycles. The smallest absolute Gasteiger partial charge is 0.241 e. The zero-order chi connectivity index (χ0) is 19.6. The number of amides is 1. The molecule has 2 aromatic carbocycles. The van der Waals surface area contributed by atoms with Gasteiger partial charge in [0, 0.05) is 6.54 Å². The van der Waals surface area contributed by atoms with Crippen LogP contribution in [0.25, 0.3) is 0 Å². The van der Waals surface area contributed by atoms with E-state index in [0.717, 1.165) is 11.1 Å². The van der Waals surface area contributed by atoms with Crippen LogP contribution < -0.4 is 5.32 Å². The molecule has 0 saturated heterocycles. The average Bonchev–Trinajstić information content (AvgIpc) is 2.62. The van der Waals surface area contributed by atoms with Gasteiger partial charge in [-0.15, -0.1) is 0 Å². The first-order valence-corrected chi connectivity index (χ1v) is 7.72. The molecule has 140 valence electrons. The zero-order valence-corrected chi connectivity index (χ0v) is 14.3. The number of aryl methyl sites for hydroxylation is 1. The number of carbonyl (C=O) groups is 1. The quantitative estimate of drug-likeness (QED) is 0.486. The van der Waals surface area contributed by atoms with E-state index in [-0.39, 0.29) is 0 Å². The Hall–Kier alpha value is -2.48. The van der Waals surface area contributed by atoms with Gasteiger partial charge in [0.15, 0.2) is 23.3 Å². The predicted octanol–water partition coefficient (Wildman–Crippen LogP) is 4.15. The summed E-state index contributed by atoms with van der Waals surface area (Å²) in [5.74, 6) is -11.6. The van der Waals surface area contributed by atoms with E-state index in [9.17, 15) is 26.7 Å². The Morgan fingerprint density at radius 1 is 1.00 bits per heavy atom. The third-order valence-electron chi connectivity index (χ3n) is 4.18. The van der Waals surface area contributed by atoms with Gasteiger partial charge in [-0.2, -0.15) is 0 Å². The number of halogens is 5. The molecule has 1 unspecified atom stereocenters. The Bertz CT molecular complexity index is 812. The van der Waals surface area contributed by atoms with Crippen molar-refractivity contribution in [2.45, 2.75) is 26.4 Å². The average molecular weight is 372 g/mol. The normalized spacial score (nSPS) is 12.3. The predicted molar refractivity (Wildman–Crippen MR) is 87.0 cm³/mol. The van der Waals surface area contributed by atoms with E-state index >= 15 is 0 Å². The van der Waals surface area contributed by atoms with Crippen molar-refractivity contribution in [3.63, 3.8) is 0 Å². The minimum atomic E-state index is -2.28. The maximum atomic E-state index is 13.7. The number of nitrogens with one attached hydrogen (secondary N) is 1. The number of hydrogen-bond donors (Lipinski definition) is 1. The van der Waals surface area contributed by atoms with Crippen LogP contribution in [0.3, 0.4) is 0 Å². The summed E-state index contributed by atoms with van der Waals surface area (Å²) in [5.41, 5.74) is 0.570. The van der Waals surface area contributed by atoms with Gasteiger partial charge in [-0.1, -0.05) is 24.3 Å². The highest BCUT2D eigenvalue weighted by Crippen LogP contribution is 2.27. The molecule has 1 amide bonds. The summed E-state index contributed by atoms with van der Waals surface area (Å²) in [7, 11) is 1.61. The molecule has 0 aromatic heterocycles. The van der Waals surface area contributed by atoms with Crippen LogP contribution in [0.5, 0.6) is 0 Å². The largest absolute Gasteiger partial charge is 0.320 e. The minimum Gasteiger partial charge on any atom is -0.320 e. The summed E-state index contributed by atoms with van der Waals surface area (Å²) in [6.07, 6.45) is 0. The Morgan fingerprint density at radius 2 is 1.50 bits per heavy atom. The van der Waals surface area contributed by atoms with Crippen LogP contribution in [0.2, 0.25) is 0 Å². The maximum Gasteiger partial charge on any atom is 0.241 e. The maximum absolute atomic E-state index is 13.7. The fourth-order valence-corrected chi connectivity index (χ4v) is 2.34. The Labute approximate surface area is 147 Å². The molecule has 1 atom stereocenters. The first kappa shape index (κ1) is 19.8. The molecule has 0 radical (unpaired) electrons. The van der Waals surface area contributed by atoms with Gasteiger partial charge >= 0.3 is 0 Å². The summed E-state index contributed by atoms with van der Waals surface area (Å²) in [6, 6.07) is 6.56. The Kier molecular flexibility index (Phi) is 5.97. The van der Waals surface area contributed by atoms with Gasteiger partial charge in [0.05, 0.1) is 6.04 Å². The summed E-state index contributed by atoms with van der Waals surface area (Å²) < 4.78 is 66.9. The molecule has 0 bridgehead atoms. The van der Waals surface area contributed by atoms with Gasteiger partial charge in [-0.05, 0) is 32.0 Å². The van der Waals surface area contributed by atoms with Crippen molar-refractivity contribution in [3.05, 3.63) is 64.5 Å². The Morgan fingerprint density at radius 3 is 2.04 bits per heavy atom. The van der Waals surface area contributed by atoms with E-state index < -0.39 is 46.7 Å². The molecule has 3 nitrogen and oxygen atoms in total.